The summed E-state index contributed by atoms with van der Waals surface area (Å²) in [7, 11) is -3.63. The van der Waals surface area contributed by atoms with Gasteiger partial charge in [0.1, 0.15) is 0 Å². The predicted molar refractivity (Wildman–Crippen MR) is 111 cm³/mol. The van der Waals surface area contributed by atoms with Gasteiger partial charge in [-0.3, -0.25) is 9.59 Å². The molecule has 0 saturated carbocycles. The van der Waals surface area contributed by atoms with Gasteiger partial charge in [-0.25, -0.2) is 8.42 Å². The van der Waals surface area contributed by atoms with Crippen LogP contribution < -0.4 is 10.6 Å². The maximum atomic E-state index is 12.9. The van der Waals surface area contributed by atoms with Gasteiger partial charge in [-0.2, -0.15) is 4.31 Å². The van der Waals surface area contributed by atoms with Gasteiger partial charge < -0.3 is 10.6 Å². The Kier molecular flexibility index (Phi) is 6.46. The summed E-state index contributed by atoms with van der Waals surface area (Å²) in [6, 6.07) is 14.9. The molecule has 7 nitrogen and oxygen atoms in total. The first-order valence-corrected chi connectivity index (χ1v) is 10.7. The van der Waals surface area contributed by atoms with Gasteiger partial charge >= 0.3 is 0 Å². The van der Waals surface area contributed by atoms with Crippen molar-refractivity contribution in [1.82, 2.24) is 9.62 Å². The van der Waals surface area contributed by atoms with Gasteiger partial charge in [0.15, 0.2) is 0 Å². The second-order valence-electron chi connectivity index (χ2n) is 6.74. The predicted octanol–water partition coefficient (Wildman–Crippen LogP) is 2.39. The molecule has 1 heterocycles. The van der Waals surface area contributed by atoms with Crippen molar-refractivity contribution in [2.45, 2.75) is 23.8 Å². The summed E-state index contributed by atoms with van der Waals surface area (Å²) < 4.78 is 27.2. The lowest BCUT2D eigenvalue weighted by Gasteiger charge is -2.31. The molecule has 0 bridgehead atoms. The highest BCUT2D eigenvalue weighted by molar-refractivity contribution is 7.89. The van der Waals surface area contributed by atoms with Crippen molar-refractivity contribution >= 4 is 27.5 Å². The standard InChI is InChI=1S/C21H23N3O4S/c1-2-20(25)22-17-8-10-19(11-9-17)29(27,28)24-14-12-18(13-15-24)23-21(26)16-6-4-3-5-7-16/h2-11,18H,1,12-15H2,(H,22,25)(H,23,26). The van der Waals surface area contributed by atoms with Crippen molar-refractivity contribution in [3.63, 3.8) is 0 Å². The van der Waals surface area contributed by atoms with E-state index in [-0.39, 0.29) is 22.8 Å². The van der Waals surface area contributed by atoms with Crippen molar-refractivity contribution in [3.05, 3.63) is 72.8 Å². The summed E-state index contributed by atoms with van der Waals surface area (Å²) in [4.78, 5) is 23.8. The first kappa shape index (κ1) is 20.8. The molecule has 2 N–H and O–H groups in total. The van der Waals surface area contributed by atoms with Crippen molar-refractivity contribution in [3.8, 4) is 0 Å². The lowest BCUT2D eigenvalue weighted by molar-refractivity contribution is -0.111. The van der Waals surface area contributed by atoms with Crippen molar-refractivity contribution in [2.75, 3.05) is 18.4 Å². The normalized spacial score (nSPS) is 15.4. The monoisotopic (exact) mass is 413 g/mol. The summed E-state index contributed by atoms with van der Waals surface area (Å²) in [5, 5.41) is 5.55. The number of hydrogen-bond donors (Lipinski definition) is 2. The number of hydrogen-bond acceptors (Lipinski definition) is 4. The largest absolute Gasteiger partial charge is 0.349 e. The van der Waals surface area contributed by atoms with Crippen LogP contribution in [0.3, 0.4) is 0 Å². The Morgan fingerprint density at radius 2 is 1.62 bits per heavy atom. The van der Waals surface area contributed by atoms with E-state index in [1.165, 1.54) is 16.4 Å². The zero-order chi connectivity index (χ0) is 20.9. The van der Waals surface area contributed by atoms with E-state index in [1.807, 2.05) is 6.07 Å². The quantitative estimate of drug-likeness (QED) is 0.711. The number of nitrogens with zero attached hydrogens (tertiary/aromatic N) is 1. The highest BCUT2D eigenvalue weighted by atomic mass is 32.2. The number of anilines is 1. The van der Waals surface area contributed by atoms with Gasteiger partial charge in [0.2, 0.25) is 15.9 Å². The third-order valence-electron chi connectivity index (χ3n) is 4.77. The molecular weight excluding hydrogens is 390 g/mol. The van der Waals surface area contributed by atoms with E-state index in [0.29, 0.717) is 37.2 Å². The van der Waals surface area contributed by atoms with E-state index in [2.05, 4.69) is 17.2 Å². The fourth-order valence-corrected chi connectivity index (χ4v) is 4.62. The Bertz CT molecular complexity index is 980. The number of nitrogens with one attached hydrogen (secondary N) is 2. The Morgan fingerprint density at radius 1 is 1.00 bits per heavy atom. The minimum Gasteiger partial charge on any atom is -0.349 e. The summed E-state index contributed by atoms with van der Waals surface area (Å²) in [5.74, 6) is -0.510. The Labute approximate surface area is 170 Å². The molecule has 3 rings (SSSR count). The number of carbonyl (C=O) groups is 2. The van der Waals surface area contributed by atoms with Gasteiger partial charge in [-0.1, -0.05) is 24.8 Å². The van der Waals surface area contributed by atoms with E-state index in [1.54, 1.807) is 36.4 Å². The second kappa shape index (κ2) is 9.02. The fraction of sp³-hybridized carbons (Fsp3) is 0.238. The minimum atomic E-state index is -3.63. The number of sulfonamides is 1. The van der Waals surface area contributed by atoms with Gasteiger partial charge in [0, 0.05) is 30.4 Å². The van der Waals surface area contributed by atoms with Crippen LogP contribution in [0.25, 0.3) is 0 Å². The zero-order valence-electron chi connectivity index (χ0n) is 15.9. The summed E-state index contributed by atoms with van der Waals surface area (Å²) in [5.41, 5.74) is 1.09. The summed E-state index contributed by atoms with van der Waals surface area (Å²) in [6.45, 7) is 4.04. The molecule has 0 atom stereocenters. The SMILES string of the molecule is C=CC(=O)Nc1ccc(S(=O)(=O)N2CCC(NC(=O)c3ccccc3)CC2)cc1. The third-order valence-corrected chi connectivity index (χ3v) is 6.68. The summed E-state index contributed by atoms with van der Waals surface area (Å²) in [6.07, 6.45) is 2.24. The highest BCUT2D eigenvalue weighted by Crippen LogP contribution is 2.22. The maximum Gasteiger partial charge on any atom is 0.251 e. The van der Waals surface area contributed by atoms with Crippen LogP contribution in [0.1, 0.15) is 23.2 Å². The van der Waals surface area contributed by atoms with Crippen LogP contribution in [0.5, 0.6) is 0 Å². The molecular formula is C21H23N3O4S. The Morgan fingerprint density at radius 3 is 2.21 bits per heavy atom. The van der Waals surface area contributed by atoms with Crippen LogP contribution in [0, 0.1) is 0 Å². The molecule has 2 aromatic carbocycles. The Hall–Kier alpha value is -2.97. The third kappa shape index (κ3) is 5.10. The molecule has 1 saturated heterocycles. The Balaban J connectivity index is 1.58. The second-order valence-corrected chi connectivity index (χ2v) is 8.67. The van der Waals surface area contributed by atoms with Crippen LogP contribution in [0.4, 0.5) is 5.69 Å². The van der Waals surface area contributed by atoms with Crippen molar-refractivity contribution in [1.29, 1.82) is 0 Å². The lowest BCUT2D eigenvalue weighted by atomic mass is 10.1. The van der Waals surface area contributed by atoms with Gasteiger partial charge in [0.25, 0.3) is 5.91 Å². The maximum absolute atomic E-state index is 12.9. The average Bonchev–Trinajstić information content (AvgIpc) is 2.75. The molecule has 2 amide bonds. The number of benzene rings is 2. The number of rotatable bonds is 6. The van der Waals surface area contributed by atoms with Crippen LogP contribution in [0.2, 0.25) is 0 Å². The molecule has 0 aromatic heterocycles. The molecule has 1 aliphatic rings. The van der Waals surface area contributed by atoms with Crippen LogP contribution in [0.15, 0.2) is 72.1 Å². The topological polar surface area (TPSA) is 95.6 Å². The molecule has 1 aliphatic heterocycles. The molecule has 1 fully saturated rings. The van der Waals surface area contributed by atoms with E-state index >= 15 is 0 Å². The number of piperidine rings is 1. The van der Waals surface area contributed by atoms with Gasteiger partial charge in [-0.05, 0) is 55.3 Å². The first-order chi connectivity index (χ1) is 13.9. The fourth-order valence-electron chi connectivity index (χ4n) is 3.15. The van der Waals surface area contributed by atoms with E-state index in [9.17, 15) is 18.0 Å². The highest BCUT2D eigenvalue weighted by Gasteiger charge is 2.30. The minimum absolute atomic E-state index is 0.0642. The molecule has 152 valence electrons. The van der Waals surface area contributed by atoms with E-state index < -0.39 is 10.0 Å². The zero-order valence-corrected chi connectivity index (χ0v) is 16.7. The molecule has 0 aliphatic carbocycles. The van der Waals surface area contributed by atoms with Crippen LogP contribution >= 0.6 is 0 Å². The molecule has 0 radical (unpaired) electrons. The molecule has 8 heteroatoms. The van der Waals surface area contributed by atoms with Crippen molar-refractivity contribution in [2.24, 2.45) is 0 Å². The first-order valence-electron chi connectivity index (χ1n) is 9.29. The number of amides is 2. The van der Waals surface area contributed by atoms with Gasteiger partial charge in [-0.15, -0.1) is 0 Å². The van der Waals surface area contributed by atoms with Crippen molar-refractivity contribution < 1.29 is 18.0 Å². The smallest absolute Gasteiger partial charge is 0.251 e. The molecule has 2 aromatic rings. The molecule has 0 unspecified atom stereocenters. The average molecular weight is 413 g/mol. The van der Waals surface area contributed by atoms with Gasteiger partial charge in [0.05, 0.1) is 4.90 Å². The summed E-state index contributed by atoms with van der Waals surface area (Å²) >= 11 is 0. The lowest BCUT2D eigenvalue weighted by Crippen LogP contribution is -2.46. The number of carbonyl (C=O) groups excluding carboxylic acids is 2. The molecule has 29 heavy (non-hydrogen) atoms. The van der Waals surface area contributed by atoms with Crippen LogP contribution in [-0.2, 0) is 14.8 Å². The van der Waals surface area contributed by atoms with Crippen LogP contribution in [-0.4, -0.2) is 43.7 Å². The molecule has 0 spiro atoms. The van der Waals surface area contributed by atoms with E-state index in [0.717, 1.165) is 6.08 Å². The van der Waals surface area contributed by atoms with E-state index in [4.69, 9.17) is 0 Å².